The lowest BCUT2D eigenvalue weighted by Crippen LogP contribution is -2.55. The number of hydrogen-bond acceptors (Lipinski definition) is 8. The summed E-state index contributed by atoms with van der Waals surface area (Å²) in [6, 6.07) is 24.9. The molecule has 13 heteroatoms. The van der Waals surface area contributed by atoms with Crippen molar-refractivity contribution in [1.82, 2.24) is 10.2 Å². The third kappa shape index (κ3) is 8.12. The van der Waals surface area contributed by atoms with Gasteiger partial charge in [0, 0.05) is 18.5 Å². The summed E-state index contributed by atoms with van der Waals surface area (Å²) >= 11 is 0. The first-order chi connectivity index (χ1) is 22.5. The zero-order chi connectivity index (χ0) is 34.1. The van der Waals surface area contributed by atoms with E-state index in [0.717, 1.165) is 16.0 Å². The zero-order valence-corrected chi connectivity index (χ0v) is 25.8. The summed E-state index contributed by atoms with van der Waals surface area (Å²) in [5, 5.41) is 31.8. The van der Waals surface area contributed by atoms with Crippen molar-refractivity contribution in [3.63, 3.8) is 0 Å². The van der Waals surface area contributed by atoms with Crippen LogP contribution in [0.3, 0.4) is 0 Å². The summed E-state index contributed by atoms with van der Waals surface area (Å²) < 4.78 is 16.4. The van der Waals surface area contributed by atoms with Crippen molar-refractivity contribution in [2.24, 2.45) is 0 Å². The maximum Gasteiger partial charge on any atom is 0.375 e. The molecule has 1 saturated heterocycles. The summed E-state index contributed by atoms with van der Waals surface area (Å²) in [6.45, 7) is 2.19. The van der Waals surface area contributed by atoms with Crippen LogP contribution in [0.4, 0.5) is 0 Å². The Hall–Kier alpha value is -5.27. The highest BCUT2D eigenvalue weighted by Gasteiger charge is 2.63. The number of nitrogens with zero attached hydrogens (tertiary/aromatic N) is 1. The van der Waals surface area contributed by atoms with Gasteiger partial charge >= 0.3 is 23.7 Å². The Morgan fingerprint density at radius 2 is 1.43 bits per heavy atom. The SMILES string of the molecule is CCNC(=O)[C@@]1(C(=O)O)O[C@H](C(=O)O)[C@@H](C(=O)N(CC(=O)O)[C@H](C)[C@H](CCc2ccccc2)c2ccc(Oc3ccccc3)cc2)O1. The minimum atomic E-state index is -3.14. The quantitative estimate of drug-likeness (QED) is 0.177. The smallest absolute Gasteiger partial charge is 0.375 e. The molecule has 2 amide bonds. The van der Waals surface area contributed by atoms with Crippen LogP contribution < -0.4 is 10.1 Å². The summed E-state index contributed by atoms with van der Waals surface area (Å²) in [5.74, 6) is -10.1. The number of likely N-dealkylation sites (N-methyl/N-ethyl adjacent to an activating group) is 1. The molecule has 3 aromatic rings. The van der Waals surface area contributed by atoms with E-state index in [1.807, 2.05) is 48.5 Å². The average molecular weight is 649 g/mol. The van der Waals surface area contributed by atoms with Gasteiger partial charge in [0.1, 0.15) is 18.0 Å². The van der Waals surface area contributed by atoms with E-state index in [-0.39, 0.29) is 6.54 Å². The molecule has 4 rings (SSSR count). The van der Waals surface area contributed by atoms with Gasteiger partial charge in [0.25, 0.3) is 11.8 Å². The van der Waals surface area contributed by atoms with Crippen LogP contribution in [0.25, 0.3) is 0 Å². The molecule has 248 valence electrons. The number of carboxylic acid groups (broad SMARTS) is 3. The molecular weight excluding hydrogens is 612 g/mol. The molecule has 0 aliphatic carbocycles. The fourth-order valence-electron chi connectivity index (χ4n) is 5.46. The van der Waals surface area contributed by atoms with E-state index >= 15 is 0 Å². The van der Waals surface area contributed by atoms with Crippen molar-refractivity contribution >= 4 is 29.7 Å². The standard InChI is InChI=1S/C34H36N2O11/c1-3-35-32(42)34(33(43)44)46-28(29(47-34)31(40)41)30(39)36(20-27(37)38)21(2)26(19-14-22-10-6-4-7-11-22)23-15-17-25(18-16-23)45-24-12-8-5-9-13-24/h4-13,15-18,21,26,28-29H,3,14,19-20H2,1-2H3,(H,35,42)(H,37,38)(H,40,41)(H,43,44)/t21-,26+,28+,29+,34+/m1/s1. The van der Waals surface area contributed by atoms with Crippen LogP contribution in [0, 0.1) is 0 Å². The number of para-hydroxylation sites is 1. The molecule has 47 heavy (non-hydrogen) atoms. The van der Waals surface area contributed by atoms with Gasteiger partial charge in [-0.2, -0.15) is 0 Å². The third-order valence-corrected chi connectivity index (χ3v) is 7.80. The van der Waals surface area contributed by atoms with E-state index in [1.165, 1.54) is 6.92 Å². The molecule has 4 N–H and O–H groups in total. The highest BCUT2D eigenvalue weighted by molar-refractivity contribution is 6.05. The Bertz CT molecular complexity index is 1570. The Labute approximate surface area is 270 Å². The van der Waals surface area contributed by atoms with E-state index in [9.17, 15) is 39.3 Å². The predicted octanol–water partition coefficient (Wildman–Crippen LogP) is 3.28. The van der Waals surface area contributed by atoms with Gasteiger partial charge in [-0.3, -0.25) is 14.4 Å². The van der Waals surface area contributed by atoms with Gasteiger partial charge < -0.3 is 39.7 Å². The summed E-state index contributed by atoms with van der Waals surface area (Å²) in [7, 11) is 0. The number of ether oxygens (including phenoxy) is 3. The number of carbonyl (C=O) groups excluding carboxylic acids is 2. The van der Waals surface area contributed by atoms with Crippen LogP contribution in [0.2, 0.25) is 0 Å². The molecule has 0 spiro atoms. The number of nitrogens with one attached hydrogen (secondary N) is 1. The van der Waals surface area contributed by atoms with E-state index in [0.29, 0.717) is 24.3 Å². The molecule has 1 heterocycles. The van der Waals surface area contributed by atoms with Crippen molar-refractivity contribution in [3.05, 3.63) is 96.1 Å². The van der Waals surface area contributed by atoms with Gasteiger partial charge in [-0.05, 0) is 62.1 Å². The van der Waals surface area contributed by atoms with E-state index < -0.39 is 66.2 Å². The normalized spacial score (nSPS) is 20.0. The molecule has 0 saturated carbocycles. The number of carbonyl (C=O) groups is 5. The Balaban J connectivity index is 1.69. The first kappa shape index (κ1) is 34.6. The van der Waals surface area contributed by atoms with Crippen molar-refractivity contribution < 1.29 is 53.5 Å². The maximum atomic E-state index is 14.0. The van der Waals surface area contributed by atoms with Crippen LogP contribution in [0.15, 0.2) is 84.9 Å². The second-order valence-corrected chi connectivity index (χ2v) is 10.9. The van der Waals surface area contributed by atoms with Gasteiger partial charge in [0.2, 0.25) is 0 Å². The number of amides is 2. The first-order valence-electron chi connectivity index (χ1n) is 15.0. The second-order valence-electron chi connectivity index (χ2n) is 10.9. The summed E-state index contributed by atoms with van der Waals surface area (Å²) in [4.78, 5) is 64.1. The van der Waals surface area contributed by atoms with Crippen LogP contribution in [-0.2, 0) is 39.9 Å². The van der Waals surface area contributed by atoms with Gasteiger partial charge in [-0.1, -0.05) is 60.7 Å². The molecule has 5 atom stereocenters. The molecule has 1 fully saturated rings. The predicted molar refractivity (Wildman–Crippen MR) is 166 cm³/mol. The minimum Gasteiger partial charge on any atom is -0.480 e. The molecule has 0 aromatic heterocycles. The number of hydrogen-bond donors (Lipinski definition) is 4. The lowest BCUT2D eigenvalue weighted by molar-refractivity contribution is -0.210. The maximum absolute atomic E-state index is 14.0. The molecule has 1 aliphatic heterocycles. The van der Waals surface area contributed by atoms with Crippen LogP contribution in [-0.4, -0.2) is 87.1 Å². The van der Waals surface area contributed by atoms with Crippen molar-refractivity contribution in [3.8, 4) is 11.5 Å². The van der Waals surface area contributed by atoms with Crippen LogP contribution in [0.5, 0.6) is 11.5 Å². The lowest BCUT2D eigenvalue weighted by atomic mass is 9.85. The average Bonchev–Trinajstić information content (AvgIpc) is 3.48. The molecule has 0 bridgehead atoms. The molecule has 3 aromatic carbocycles. The fourth-order valence-corrected chi connectivity index (χ4v) is 5.46. The number of aryl methyl sites for hydroxylation is 1. The lowest BCUT2D eigenvalue weighted by Gasteiger charge is -2.36. The van der Waals surface area contributed by atoms with E-state index in [1.54, 1.807) is 43.3 Å². The van der Waals surface area contributed by atoms with Crippen molar-refractivity contribution in [2.75, 3.05) is 13.1 Å². The van der Waals surface area contributed by atoms with Crippen LogP contribution in [0.1, 0.15) is 37.3 Å². The Kier molecular flexibility index (Phi) is 11.3. The van der Waals surface area contributed by atoms with Crippen molar-refractivity contribution in [2.45, 2.75) is 56.6 Å². The van der Waals surface area contributed by atoms with Crippen LogP contribution >= 0.6 is 0 Å². The number of carboxylic acids is 3. The van der Waals surface area contributed by atoms with Gasteiger partial charge in [0.15, 0.2) is 12.2 Å². The second kappa shape index (κ2) is 15.3. The highest BCUT2D eigenvalue weighted by atomic mass is 16.8. The fraction of sp³-hybridized carbons (Fsp3) is 0.324. The Morgan fingerprint density at radius 3 is 1.98 bits per heavy atom. The largest absolute Gasteiger partial charge is 0.480 e. The number of rotatable bonds is 15. The molecule has 1 aliphatic rings. The highest BCUT2D eigenvalue weighted by Crippen LogP contribution is 2.35. The molecule has 0 radical (unpaired) electrons. The number of benzene rings is 3. The molecule has 13 nitrogen and oxygen atoms in total. The van der Waals surface area contributed by atoms with E-state index in [2.05, 4.69) is 5.32 Å². The monoisotopic (exact) mass is 648 g/mol. The third-order valence-electron chi connectivity index (χ3n) is 7.80. The Morgan fingerprint density at radius 1 is 0.851 bits per heavy atom. The zero-order valence-electron chi connectivity index (χ0n) is 25.8. The van der Waals surface area contributed by atoms with Crippen molar-refractivity contribution in [1.29, 1.82) is 0 Å². The van der Waals surface area contributed by atoms with Gasteiger partial charge in [0.05, 0.1) is 0 Å². The molecule has 0 unspecified atom stereocenters. The molecular formula is C34H36N2O11. The van der Waals surface area contributed by atoms with E-state index in [4.69, 9.17) is 14.2 Å². The van der Waals surface area contributed by atoms with Gasteiger partial charge in [-0.25, -0.2) is 9.59 Å². The first-order valence-corrected chi connectivity index (χ1v) is 15.0. The van der Waals surface area contributed by atoms with Gasteiger partial charge in [-0.15, -0.1) is 0 Å². The summed E-state index contributed by atoms with van der Waals surface area (Å²) in [6.07, 6.45) is -3.38. The topological polar surface area (TPSA) is 189 Å². The number of aliphatic carboxylic acids is 3. The minimum absolute atomic E-state index is 0.0443. The summed E-state index contributed by atoms with van der Waals surface area (Å²) in [5.41, 5.74) is 1.73.